The fraction of sp³-hybridized carbons (Fsp3) is 1.00. The molecule has 0 saturated carbocycles. The highest BCUT2D eigenvalue weighted by atomic mass is 32.2. The summed E-state index contributed by atoms with van der Waals surface area (Å²) in [5.41, 5.74) is 5.66. The van der Waals surface area contributed by atoms with E-state index in [2.05, 4.69) is 4.72 Å². The van der Waals surface area contributed by atoms with Crippen LogP contribution in [0.5, 0.6) is 0 Å². The van der Waals surface area contributed by atoms with Crippen molar-refractivity contribution >= 4 is 10.0 Å². The first-order chi connectivity index (χ1) is 7.53. The summed E-state index contributed by atoms with van der Waals surface area (Å²) in [7, 11) is -1.77. The van der Waals surface area contributed by atoms with Gasteiger partial charge in [-0.3, -0.25) is 0 Å². The molecule has 3 N–H and O–H groups in total. The molecule has 0 unspecified atom stereocenters. The van der Waals surface area contributed by atoms with Crippen LogP contribution in [-0.4, -0.2) is 53.2 Å². The van der Waals surface area contributed by atoms with Crippen LogP contribution < -0.4 is 10.5 Å². The van der Waals surface area contributed by atoms with Gasteiger partial charge in [0.1, 0.15) is 0 Å². The van der Waals surface area contributed by atoms with Crippen molar-refractivity contribution in [3.63, 3.8) is 0 Å². The topological polar surface area (TPSA) is 90.7 Å². The fourth-order valence-electron chi connectivity index (χ4n) is 1.47. The van der Waals surface area contributed by atoms with Crippen LogP contribution >= 0.6 is 0 Å². The van der Waals surface area contributed by atoms with Crippen LogP contribution in [0.3, 0.4) is 0 Å². The van der Waals surface area contributed by atoms with Gasteiger partial charge in [-0.2, -0.15) is 0 Å². The van der Waals surface area contributed by atoms with E-state index in [4.69, 9.17) is 15.2 Å². The van der Waals surface area contributed by atoms with Crippen molar-refractivity contribution in [2.24, 2.45) is 5.73 Å². The molecule has 7 heteroatoms. The van der Waals surface area contributed by atoms with Crippen molar-refractivity contribution in [3.8, 4) is 0 Å². The van der Waals surface area contributed by atoms with Gasteiger partial charge in [0.2, 0.25) is 10.0 Å². The van der Waals surface area contributed by atoms with Crippen molar-refractivity contribution < 1.29 is 17.9 Å². The zero-order chi connectivity index (χ0) is 12.0. The molecule has 0 radical (unpaired) electrons. The van der Waals surface area contributed by atoms with Crippen LogP contribution in [-0.2, 0) is 19.5 Å². The second-order valence-corrected chi connectivity index (χ2v) is 5.88. The average molecular weight is 252 g/mol. The molecule has 0 bridgehead atoms. The highest BCUT2D eigenvalue weighted by Crippen LogP contribution is 2.11. The predicted octanol–water partition coefficient (Wildman–Crippen LogP) is -0.941. The van der Waals surface area contributed by atoms with E-state index in [1.807, 2.05) is 0 Å². The minimum Gasteiger partial charge on any atom is -0.384 e. The van der Waals surface area contributed by atoms with E-state index in [0.717, 1.165) is 12.8 Å². The molecule has 0 amide bonds. The molecule has 0 aromatic heterocycles. The van der Waals surface area contributed by atoms with Gasteiger partial charge in [-0.1, -0.05) is 0 Å². The van der Waals surface area contributed by atoms with Gasteiger partial charge in [0.05, 0.1) is 25.1 Å². The molecule has 1 fully saturated rings. The molecule has 0 spiro atoms. The lowest BCUT2D eigenvalue weighted by Crippen LogP contribution is -2.42. The van der Waals surface area contributed by atoms with Crippen molar-refractivity contribution in [1.29, 1.82) is 0 Å². The number of nitrogens with one attached hydrogen (secondary N) is 1. The highest BCUT2D eigenvalue weighted by Gasteiger charge is 2.20. The van der Waals surface area contributed by atoms with Gasteiger partial charge in [0, 0.05) is 19.7 Å². The monoisotopic (exact) mass is 252 g/mol. The smallest absolute Gasteiger partial charge is 0.213 e. The Morgan fingerprint density at radius 2 is 2.25 bits per heavy atom. The first kappa shape index (κ1) is 13.9. The third-order valence-corrected chi connectivity index (χ3v) is 3.80. The lowest BCUT2D eigenvalue weighted by Gasteiger charge is -2.26. The molecular formula is C9H20N2O4S. The van der Waals surface area contributed by atoms with Gasteiger partial charge in [-0.05, 0) is 12.8 Å². The molecule has 1 rings (SSSR count). The van der Waals surface area contributed by atoms with Gasteiger partial charge >= 0.3 is 0 Å². The molecular weight excluding hydrogens is 232 g/mol. The van der Waals surface area contributed by atoms with Gasteiger partial charge < -0.3 is 15.2 Å². The molecule has 0 aliphatic carbocycles. The van der Waals surface area contributed by atoms with Crippen LogP contribution in [0, 0.1) is 0 Å². The van der Waals surface area contributed by atoms with Crippen LogP contribution in [0.4, 0.5) is 0 Å². The number of ether oxygens (including phenoxy) is 2. The highest BCUT2D eigenvalue weighted by molar-refractivity contribution is 7.89. The van der Waals surface area contributed by atoms with Gasteiger partial charge in [0.25, 0.3) is 0 Å². The summed E-state index contributed by atoms with van der Waals surface area (Å²) < 4.78 is 35.5. The van der Waals surface area contributed by atoms with Gasteiger partial charge in [-0.15, -0.1) is 0 Å². The number of hydrogen-bond acceptors (Lipinski definition) is 5. The molecule has 96 valence electrons. The van der Waals surface area contributed by atoms with E-state index in [9.17, 15) is 8.42 Å². The molecule has 16 heavy (non-hydrogen) atoms. The molecule has 1 aliphatic rings. The minimum atomic E-state index is -3.24. The van der Waals surface area contributed by atoms with Crippen LogP contribution in [0.2, 0.25) is 0 Å². The van der Waals surface area contributed by atoms with E-state index in [1.54, 1.807) is 0 Å². The molecule has 0 aromatic rings. The van der Waals surface area contributed by atoms with Crippen LogP contribution in [0.1, 0.15) is 12.8 Å². The number of methoxy groups -OCH3 is 1. The first-order valence-corrected chi connectivity index (χ1v) is 7.02. The van der Waals surface area contributed by atoms with Crippen LogP contribution in [0.25, 0.3) is 0 Å². The van der Waals surface area contributed by atoms with Crippen molar-refractivity contribution in [1.82, 2.24) is 4.72 Å². The summed E-state index contributed by atoms with van der Waals surface area (Å²) in [6, 6.07) is 0.0846. The van der Waals surface area contributed by atoms with E-state index in [0.29, 0.717) is 13.2 Å². The average Bonchev–Trinajstić information content (AvgIpc) is 2.26. The Morgan fingerprint density at radius 1 is 1.50 bits per heavy atom. The molecule has 1 saturated heterocycles. The number of nitrogens with two attached hydrogens (primary N) is 1. The third-order valence-electron chi connectivity index (χ3n) is 2.49. The van der Waals surface area contributed by atoms with Gasteiger partial charge in [-0.25, -0.2) is 13.1 Å². The zero-order valence-corrected chi connectivity index (χ0v) is 10.3. The summed E-state index contributed by atoms with van der Waals surface area (Å²) in [5.74, 6) is -0.0181. The molecule has 1 heterocycles. The van der Waals surface area contributed by atoms with E-state index in [1.165, 1.54) is 7.11 Å². The van der Waals surface area contributed by atoms with Crippen LogP contribution in [0.15, 0.2) is 0 Å². The first-order valence-electron chi connectivity index (χ1n) is 5.37. The van der Waals surface area contributed by atoms with E-state index < -0.39 is 10.0 Å². The Balaban J connectivity index is 2.23. The molecule has 6 nitrogen and oxygen atoms in total. The van der Waals surface area contributed by atoms with Crippen molar-refractivity contribution in [2.75, 3.05) is 32.6 Å². The third kappa shape index (κ3) is 5.22. The number of hydrogen-bond donors (Lipinski definition) is 2. The second-order valence-electron chi connectivity index (χ2n) is 3.95. The largest absolute Gasteiger partial charge is 0.384 e. The maximum absolute atomic E-state index is 11.4. The normalized spacial score (nSPS) is 26.9. The lowest BCUT2D eigenvalue weighted by molar-refractivity contribution is 0.00922. The molecule has 1 aliphatic heterocycles. The lowest BCUT2D eigenvalue weighted by atomic mass is 10.1. The predicted molar refractivity (Wildman–Crippen MR) is 60.6 cm³/mol. The summed E-state index contributed by atoms with van der Waals surface area (Å²) in [6.07, 6.45) is 1.62. The Bertz CT molecular complexity index is 286. The maximum Gasteiger partial charge on any atom is 0.213 e. The zero-order valence-electron chi connectivity index (χ0n) is 9.52. The minimum absolute atomic E-state index is 0.0181. The summed E-state index contributed by atoms with van der Waals surface area (Å²) in [5, 5.41) is 0. The summed E-state index contributed by atoms with van der Waals surface area (Å²) >= 11 is 0. The summed E-state index contributed by atoms with van der Waals surface area (Å²) in [4.78, 5) is 0. The Labute approximate surface area is 96.5 Å². The number of rotatable bonds is 6. The Morgan fingerprint density at radius 3 is 2.81 bits per heavy atom. The Kier molecular flexibility index (Phi) is 5.63. The fourth-order valence-corrected chi connectivity index (χ4v) is 2.44. The second kappa shape index (κ2) is 6.51. The number of sulfonamides is 1. The van der Waals surface area contributed by atoms with Crippen molar-refractivity contribution in [3.05, 3.63) is 0 Å². The standard InChI is InChI=1S/C9H20N2O4S/c1-14-4-5-16(12,13)11-6-9-3-2-8(10)7-15-9/h8-9,11H,2-7,10H2,1H3/t8-,9+/m1/s1. The maximum atomic E-state index is 11.4. The van der Waals surface area contributed by atoms with E-state index in [-0.39, 0.29) is 24.5 Å². The van der Waals surface area contributed by atoms with E-state index >= 15 is 0 Å². The summed E-state index contributed by atoms with van der Waals surface area (Å²) in [6.45, 7) is 1.02. The quantitative estimate of drug-likeness (QED) is 0.636. The molecule has 0 aromatic carbocycles. The van der Waals surface area contributed by atoms with Crippen molar-refractivity contribution in [2.45, 2.75) is 25.0 Å². The Hall–Kier alpha value is -0.210. The SMILES string of the molecule is COCCS(=O)(=O)NC[C@@H]1CC[C@@H](N)CO1. The molecule has 2 atom stereocenters. The van der Waals surface area contributed by atoms with Gasteiger partial charge in [0.15, 0.2) is 0 Å².